The van der Waals surface area contributed by atoms with Gasteiger partial charge in [0.15, 0.2) is 0 Å². The Balaban J connectivity index is 1.53. The minimum atomic E-state index is -0.246. The first-order chi connectivity index (χ1) is 13.7. The molecule has 0 aromatic heterocycles. The van der Waals surface area contributed by atoms with Crippen LogP contribution in [-0.4, -0.2) is 35.5 Å². The average molecular weight is 407 g/mol. The Kier molecular flexibility index (Phi) is 5.83. The molecule has 0 amide bonds. The fourth-order valence-electron chi connectivity index (χ4n) is 8.81. The van der Waals surface area contributed by atoms with Crippen LogP contribution in [0.1, 0.15) is 85.0 Å². The molecular weight excluding hydrogens is 364 g/mol. The minimum Gasteiger partial charge on any atom is -0.469 e. The van der Waals surface area contributed by atoms with Crippen molar-refractivity contribution in [1.29, 1.82) is 0 Å². The topological polar surface area (TPSA) is 66.8 Å². The maximum atomic E-state index is 11.6. The lowest BCUT2D eigenvalue weighted by Crippen LogP contribution is -2.58. The Labute approximate surface area is 176 Å². The molecule has 0 heterocycles. The first-order valence-electron chi connectivity index (χ1n) is 12.1. The van der Waals surface area contributed by atoms with Gasteiger partial charge in [0, 0.05) is 6.42 Å². The van der Waals surface area contributed by atoms with E-state index in [-0.39, 0.29) is 23.6 Å². The number of hydrogen-bond donors (Lipinski definition) is 2. The van der Waals surface area contributed by atoms with Crippen molar-refractivity contribution in [3.63, 3.8) is 0 Å². The molecule has 166 valence electrons. The van der Waals surface area contributed by atoms with Gasteiger partial charge in [-0.05, 0) is 104 Å². The van der Waals surface area contributed by atoms with Gasteiger partial charge in [-0.15, -0.1) is 0 Å². The Hall–Kier alpha value is -0.610. The van der Waals surface area contributed by atoms with Gasteiger partial charge in [0.1, 0.15) is 0 Å². The van der Waals surface area contributed by atoms with Gasteiger partial charge in [-0.1, -0.05) is 20.8 Å². The summed E-state index contributed by atoms with van der Waals surface area (Å²) in [5.41, 5.74) is 0.271. The van der Waals surface area contributed by atoms with Gasteiger partial charge in [-0.2, -0.15) is 0 Å². The van der Waals surface area contributed by atoms with Gasteiger partial charge >= 0.3 is 5.97 Å². The molecule has 0 spiro atoms. The molecular formula is C25H42O4. The molecule has 29 heavy (non-hydrogen) atoms. The summed E-state index contributed by atoms with van der Waals surface area (Å²) >= 11 is 0. The second-order valence-electron chi connectivity index (χ2n) is 11.5. The molecule has 0 aromatic carbocycles. The quantitative estimate of drug-likeness (QED) is 0.671. The number of ether oxygens (including phenoxy) is 1. The van der Waals surface area contributed by atoms with Crippen LogP contribution in [0.3, 0.4) is 0 Å². The summed E-state index contributed by atoms with van der Waals surface area (Å²) in [6, 6.07) is 0. The lowest BCUT2D eigenvalue weighted by molar-refractivity contribution is -0.175. The van der Waals surface area contributed by atoms with E-state index in [1.807, 2.05) is 0 Å². The largest absolute Gasteiger partial charge is 0.469 e. The van der Waals surface area contributed by atoms with Gasteiger partial charge in [0.25, 0.3) is 0 Å². The van der Waals surface area contributed by atoms with Crippen molar-refractivity contribution < 1.29 is 19.7 Å². The molecule has 0 radical (unpaired) electrons. The molecule has 4 nitrogen and oxygen atoms in total. The number of hydrogen-bond acceptors (Lipinski definition) is 4. The smallest absolute Gasteiger partial charge is 0.305 e. The van der Waals surface area contributed by atoms with Gasteiger partial charge in [0.05, 0.1) is 19.3 Å². The van der Waals surface area contributed by atoms with E-state index in [1.165, 1.54) is 32.8 Å². The van der Waals surface area contributed by atoms with Crippen molar-refractivity contribution in [1.82, 2.24) is 0 Å². The summed E-state index contributed by atoms with van der Waals surface area (Å²) in [6.07, 6.45) is 9.86. The summed E-state index contributed by atoms with van der Waals surface area (Å²) < 4.78 is 4.85. The summed E-state index contributed by atoms with van der Waals surface area (Å²) in [5.74, 6) is 3.36. The molecule has 4 saturated carbocycles. The minimum absolute atomic E-state index is 0.0198. The van der Waals surface area contributed by atoms with Gasteiger partial charge in [-0.3, -0.25) is 4.79 Å². The van der Waals surface area contributed by atoms with Crippen LogP contribution in [0.15, 0.2) is 0 Å². The Morgan fingerprint density at radius 2 is 1.83 bits per heavy atom. The predicted octanol–water partition coefficient (Wildman–Crippen LogP) is 4.57. The van der Waals surface area contributed by atoms with Crippen molar-refractivity contribution in [2.75, 3.05) is 7.11 Å². The standard InChI is InChI=1S/C25H42O4/c1-15(5-10-23(28)29-4)19-8-9-20-18-7-6-16-13-17(26)11-12-24(16,2)21(18)14-22(27)25(19,20)3/h15-22,26-27H,5-14H2,1-4H3/t15?,16?,17-,18?,19?,20?,21?,22+,24?,25?/m1/s1. The summed E-state index contributed by atoms with van der Waals surface area (Å²) in [7, 11) is 1.46. The Bertz CT molecular complexity index is 620. The van der Waals surface area contributed by atoms with E-state index in [0.717, 1.165) is 38.0 Å². The molecule has 4 heteroatoms. The van der Waals surface area contributed by atoms with E-state index >= 15 is 0 Å². The van der Waals surface area contributed by atoms with Crippen LogP contribution >= 0.6 is 0 Å². The third-order valence-corrected chi connectivity index (χ3v) is 10.5. The van der Waals surface area contributed by atoms with Crippen LogP contribution in [-0.2, 0) is 9.53 Å². The van der Waals surface area contributed by atoms with Crippen molar-refractivity contribution in [3.05, 3.63) is 0 Å². The highest BCUT2D eigenvalue weighted by Gasteiger charge is 2.63. The number of aliphatic hydroxyl groups excluding tert-OH is 2. The fourth-order valence-corrected chi connectivity index (χ4v) is 8.81. The van der Waals surface area contributed by atoms with Crippen molar-refractivity contribution in [2.45, 2.75) is 97.2 Å². The third-order valence-electron chi connectivity index (χ3n) is 10.5. The molecule has 10 atom stereocenters. The molecule has 0 saturated heterocycles. The number of carbonyl (C=O) groups is 1. The summed E-state index contributed by atoms with van der Waals surface area (Å²) in [4.78, 5) is 11.6. The maximum absolute atomic E-state index is 11.6. The molecule has 8 unspecified atom stereocenters. The SMILES string of the molecule is COC(=O)CCC(C)C1CCC2C3CCC4C[C@H](O)CCC4(C)C3C[C@H](O)C12C. The number of carbonyl (C=O) groups excluding carboxylic acids is 1. The first kappa shape index (κ1) is 21.6. The van der Waals surface area contributed by atoms with Crippen LogP contribution in [0.2, 0.25) is 0 Å². The van der Waals surface area contributed by atoms with E-state index in [9.17, 15) is 15.0 Å². The monoisotopic (exact) mass is 406 g/mol. The van der Waals surface area contributed by atoms with Crippen LogP contribution in [0.25, 0.3) is 0 Å². The third kappa shape index (κ3) is 3.37. The Morgan fingerprint density at radius 3 is 2.55 bits per heavy atom. The number of methoxy groups -OCH3 is 1. The highest BCUT2D eigenvalue weighted by atomic mass is 16.5. The van der Waals surface area contributed by atoms with Crippen LogP contribution < -0.4 is 0 Å². The number of esters is 1. The Morgan fingerprint density at radius 1 is 1.07 bits per heavy atom. The molecule has 4 aliphatic rings. The van der Waals surface area contributed by atoms with Crippen LogP contribution in [0, 0.1) is 46.3 Å². The zero-order chi connectivity index (χ0) is 21.0. The van der Waals surface area contributed by atoms with E-state index in [2.05, 4.69) is 20.8 Å². The summed E-state index contributed by atoms with van der Waals surface area (Å²) in [6.45, 7) is 7.12. The number of aliphatic hydroxyl groups is 2. The van der Waals surface area contributed by atoms with Crippen molar-refractivity contribution >= 4 is 5.97 Å². The predicted molar refractivity (Wildman–Crippen MR) is 113 cm³/mol. The first-order valence-corrected chi connectivity index (χ1v) is 12.1. The second-order valence-corrected chi connectivity index (χ2v) is 11.5. The molecule has 0 aliphatic heterocycles. The van der Waals surface area contributed by atoms with E-state index in [4.69, 9.17) is 4.74 Å². The molecule has 4 rings (SSSR count). The number of rotatable bonds is 4. The van der Waals surface area contributed by atoms with Crippen molar-refractivity contribution in [3.8, 4) is 0 Å². The van der Waals surface area contributed by atoms with Gasteiger partial charge in [0.2, 0.25) is 0 Å². The zero-order valence-electron chi connectivity index (χ0n) is 18.9. The lowest BCUT2D eigenvalue weighted by Gasteiger charge is -2.62. The van der Waals surface area contributed by atoms with E-state index < -0.39 is 0 Å². The van der Waals surface area contributed by atoms with Gasteiger partial charge in [-0.25, -0.2) is 0 Å². The number of fused-ring (bicyclic) bond motifs is 5. The highest BCUT2D eigenvalue weighted by molar-refractivity contribution is 5.69. The lowest BCUT2D eigenvalue weighted by atomic mass is 9.43. The molecule has 0 bridgehead atoms. The van der Waals surface area contributed by atoms with Crippen LogP contribution in [0.5, 0.6) is 0 Å². The normalized spacial score (nSPS) is 50.2. The molecule has 4 fully saturated rings. The molecule has 2 N–H and O–H groups in total. The van der Waals surface area contributed by atoms with Gasteiger partial charge < -0.3 is 14.9 Å². The average Bonchev–Trinajstić information content (AvgIpc) is 3.06. The van der Waals surface area contributed by atoms with Crippen LogP contribution in [0.4, 0.5) is 0 Å². The molecule has 4 aliphatic carbocycles. The fraction of sp³-hybridized carbons (Fsp3) is 0.960. The zero-order valence-corrected chi connectivity index (χ0v) is 18.9. The highest BCUT2D eigenvalue weighted by Crippen LogP contribution is 2.68. The molecule has 0 aromatic rings. The maximum Gasteiger partial charge on any atom is 0.305 e. The van der Waals surface area contributed by atoms with E-state index in [0.29, 0.717) is 41.4 Å². The second kappa shape index (κ2) is 7.82. The summed E-state index contributed by atoms with van der Waals surface area (Å²) in [5, 5.41) is 21.8. The van der Waals surface area contributed by atoms with E-state index in [1.54, 1.807) is 0 Å². The van der Waals surface area contributed by atoms with Crippen molar-refractivity contribution in [2.24, 2.45) is 46.3 Å².